The van der Waals surface area contributed by atoms with Gasteiger partial charge in [-0.3, -0.25) is 0 Å². The van der Waals surface area contributed by atoms with Gasteiger partial charge >= 0.3 is 5.97 Å². The molecule has 0 aliphatic rings. The first-order valence-electron chi connectivity index (χ1n) is 6.99. The van der Waals surface area contributed by atoms with Crippen LogP contribution in [0.5, 0.6) is 5.75 Å². The van der Waals surface area contributed by atoms with E-state index in [9.17, 15) is 9.90 Å². The Kier molecular flexibility index (Phi) is 4.26. The van der Waals surface area contributed by atoms with Gasteiger partial charge in [0.25, 0.3) is 11.8 Å². The average molecular weight is 349 g/mol. The minimum atomic E-state index is -0.723. The molecule has 2 heterocycles. The first-order valence-corrected chi connectivity index (χ1v) is 7.37. The highest BCUT2D eigenvalue weighted by molar-refractivity contribution is 6.30. The van der Waals surface area contributed by atoms with E-state index in [4.69, 9.17) is 25.2 Å². The molecule has 1 aromatic carbocycles. The van der Waals surface area contributed by atoms with Crippen LogP contribution in [0.4, 0.5) is 0 Å². The first kappa shape index (κ1) is 16.1. The van der Waals surface area contributed by atoms with Gasteiger partial charge in [0.1, 0.15) is 22.8 Å². The fourth-order valence-electron chi connectivity index (χ4n) is 2.15. The Morgan fingerprint density at radius 2 is 2.04 bits per heavy atom. The quantitative estimate of drug-likeness (QED) is 0.718. The number of phenolic OH excluding ortho intramolecular Hbond substituents is 1. The van der Waals surface area contributed by atoms with E-state index in [1.54, 1.807) is 13.0 Å². The second-order valence-corrected chi connectivity index (χ2v) is 5.50. The topological polar surface area (TPSA) is 98.6 Å². The standard InChI is InChI=1S/C16H13ClN2O5/c1-8-5-12(9(2)23-8)15-19-18-14(24-15)7-22-16(21)11-4-3-10(17)6-13(11)20/h3-6,20H,7H2,1-2H3. The second-order valence-electron chi connectivity index (χ2n) is 5.07. The van der Waals surface area contributed by atoms with Crippen molar-refractivity contribution in [2.45, 2.75) is 20.5 Å². The van der Waals surface area contributed by atoms with Crippen LogP contribution in [0.3, 0.4) is 0 Å². The molecule has 0 bridgehead atoms. The Hall–Kier alpha value is -2.80. The molecule has 0 fully saturated rings. The Bertz CT molecular complexity index is 900. The number of carbonyl (C=O) groups excluding carboxylic acids is 1. The predicted octanol–water partition coefficient (Wildman–Crippen LogP) is 3.66. The number of phenols is 1. The van der Waals surface area contributed by atoms with Crippen LogP contribution in [-0.4, -0.2) is 21.3 Å². The highest BCUT2D eigenvalue weighted by Crippen LogP contribution is 2.26. The summed E-state index contributed by atoms with van der Waals surface area (Å²) in [6.45, 7) is 3.38. The van der Waals surface area contributed by atoms with Gasteiger partial charge in [-0.25, -0.2) is 4.79 Å². The molecule has 0 saturated heterocycles. The number of halogens is 1. The summed E-state index contributed by atoms with van der Waals surface area (Å²) in [5, 5.41) is 17.7. The SMILES string of the molecule is Cc1cc(-c2nnc(COC(=O)c3ccc(Cl)cc3O)o2)c(C)o1. The van der Waals surface area contributed by atoms with E-state index in [1.807, 2.05) is 6.92 Å². The van der Waals surface area contributed by atoms with Crippen molar-refractivity contribution in [3.8, 4) is 17.2 Å². The number of benzene rings is 1. The van der Waals surface area contributed by atoms with E-state index < -0.39 is 5.97 Å². The molecule has 0 saturated carbocycles. The Morgan fingerprint density at radius 1 is 1.25 bits per heavy atom. The van der Waals surface area contributed by atoms with Crippen LogP contribution in [0.1, 0.15) is 27.8 Å². The molecule has 124 valence electrons. The maximum atomic E-state index is 12.0. The maximum Gasteiger partial charge on any atom is 0.342 e. The van der Waals surface area contributed by atoms with Gasteiger partial charge in [0.05, 0.1) is 5.56 Å². The monoisotopic (exact) mass is 348 g/mol. The molecule has 0 spiro atoms. The van der Waals surface area contributed by atoms with Gasteiger partial charge in [-0.15, -0.1) is 10.2 Å². The number of aromatic hydroxyl groups is 1. The number of aryl methyl sites for hydroxylation is 2. The minimum Gasteiger partial charge on any atom is -0.507 e. The zero-order valence-corrected chi connectivity index (χ0v) is 13.6. The molecule has 1 N–H and O–H groups in total. The number of hydrogen-bond acceptors (Lipinski definition) is 7. The molecule has 0 amide bonds. The van der Waals surface area contributed by atoms with E-state index in [2.05, 4.69) is 10.2 Å². The Labute approximate surface area is 141 Å². The molecular formula is C16H13ClN2O5. The summed E-state index contributed by atoms with van der Waals surface area (Å²) in [5.74, 6) is 0.815. The van der Waals surface area contributed by atoms with E-state index in [-0.39, 0.29) is 29.7 Å². The van der Waals surface area contributed by atoms with Crippen LogP contribution in [0.15, 0.2) is 33.1 Å². The van der Waals surface area contributed by atoms with Gasteiger partial charge in [0.15, 0.2) is 6.61 Å². The molecule has 0 aliphatic heterocycles. The van der Waals surface area contributed by atoms with Crippen molar-refractivity contribution < 1.29 is 23.5 Å². The molecule has 0 aliphatic carbocycles. The lowest BCUT2D eigenvalue weighted by Crippen LogP contribution is -2.05. The van der Waals surface area contributed by atoms with Gasteiger partial charge in [0, 0.05) is 5.02 Å². The van der Waals surface area contributed by atoms with Gasteiger partial charge in [0.2, 0.25) is 0 Å². The summed E-state index contributed by atoms with van der Waals surface area (Å²) >= 11 is 5.72. The molecular weight excluding hydrogens is 336 g/mol. The van der Waals surface area contributed by atoms with Crippen LogP contribution in [-0.2, 0) is 11.3 Å². The van der Waals surface area contributed by atoms with Crippen molar-refractivity contribution in [2.75, 3.05) is 0 Å². The van der Waals surface area contributed by atoms with Crippen molar-refractivity contribution in [3.05, 3.63) is 52.3 Å². The summed E-state index contributed by atoms with van der Waals surface area (Å²) in [4.78, 5) is 12.0. The lowest BCUT2D eigenvalue weighted by atomic mass is 10.2. The van der Waals surface area contributed by atoms with E-state index in [1.165, 1.54) is 18.2 Å². The number of aromatic nitrogens is 2. The largest absolute Gasteiger partial charge is 0.507 e. The molecule has 3 aromatic rings. The fraction of sp³-hybridized carbons (Fsp3) is 0.188. The van der Waals surface area contributed by atoms with Crippen molar-refractivity contribution in [3.63, 3.8) is 0 Å². The van der Waals surface area contributed by atoms with Crippen molar-refractivity contribution in [1.82, 2.24) is 10.2 Å². The number of carbonyl (C=O) groups is 1. The summed E-state index contributed by atoms with van der Waals surface area (Å²) in [6, 6.07) is 5.89. The molecule has 3 rings (SSSR count). The zero-order valence-electron chi connectivity index (χ0n) is 12.9. The van der Waals surface area contributed by atoms with E-state index in [0.717, 1.165) is 5.76 Å². The van der Waals surface area contributed by atoms with Crippen LogP contribution >= 0.6 is 11.6 Å². The average Bonchev–Trinajstić information content (AvgIpc) is 3.11. The summed E-state index contributed by atoms with van der Waals surface area (Å²) < 4.78 is 15.9. The number of nitrogens with zero attached hydrogens (tertiary/aromatic N) is 2. The maximum absolute atomic E-state index is 12.0. The summed E-state index contributed by atoms with van der Waals surface area (Å²) in [5.41, 5.74) is 0.688. The number of ether oxygens (including phenoxy) is 1. The molecule has 0 unspecified atom stereocenters. The van der Waals surface area contributed by atoms with Crippen LogP contribution in [0.25, 0.3) is 11.5 Å². The van der Waals surface area contributed by atoms with Gasteiger partial charge in [-0.2, -0.15) is 0 Å². The van der Waals surface area contributed by atoms with Gasteiger partial charge in [-0.1, -0.05) is 11.6 Å². The van der Waals surface area contributed by atoms with E-state index in [0.29, 0.717) is 16.3 Å². The zero-order chi connectivity index (χ0) is 17.3. The van der Waals surface area contributed by atoms with Crippen molar-refractivity contribution in [2.24, 2.45) is 0 Å². The third kappa shape index (κ3) is 3.26. The molecule has 8 heteroatoms. The fourth-order valence-corrected chi connectivity index (χ4v) is 2.31. The van der Waals surface area contributed by atoms with Crippen molar-refractivity contribution >= 4 is 17.6 Å². The third-order valence-electron chi connectivity index (χ3n) is 3.24. The summed E-state index contributed by atoms with van der Waals surface area (Å²) in [7, 11) is 0. The Morgan fingerprint density at radius 3 is 2.71 bits per heavy atom. The minimum absolute atomic E-state index is 0.000410. The first-order chi connectivity index (χ1) is 11.4. The molecule has 2 aromatic heterocycles. The number of hydrogen-bond donors (Lipinski definition) is 1. The normalized spacial score (nSPS) is 10.8. The molecule has 7 nitrogen and oxygen atoms in total. The molecule has 24 heavy (non-hydrogen) atoms. The van der Waals surface area contributed by atoms with E-state index >= 15 is 0 Å². The Balaban J connectivity index is 1.69. The van der Waals surface area contributed by atoms with Crippen LogP contribution < -0.4 is 0 Å². The number of rotatable bonds is 4. The lowest BCUT2D eigenvalue weighted by molar-refractivity contribution is 0.0435. The number of furan rings is 1. The predicted molar refractivity (Wildman–Crippen MR) is 83.7 cm³/mol. The summed E-state index contributed by atoms with van der Waals surface area (Å²) in [6.07, 6.45) is 0. The van der Waals surface area contributed by atoms with Crippen molar-refractivity contribution in [1.29, 1.82) is 0 Å². The molecule has 0 atom stereocenters. The van der Waals surface area contributed by atoms with Gasteiger partial charge in [-0.05, 0) is 38.1 Å². The lowest BCUT2D eigenvalue weighted by Gasteiger charge is -2.04. The third-order valence-corrected chi connectivity index (χ3v) is 3.48. The second kappa shape index (κ2) is 6.37. The van der Waals surface area contributed by atoms with Crippen LogP contribution in [0.2, 0.25) is 5.02 Å². The van der Waals surface area contributed by atoms with Crippen LogP contribution in [0, 0.1) is 13.8 Å². The highest BCUT2D eigenvalue weighted by Gasteiger charge is 2.17. The number of esters is 1. The highest BCUT2D eigenvalue weighted by atomic mass is 35.5. The smallest absolute Gasteiger partial charge is 0.342 e. The van der Waals surface area contributed by atoms with Gasteiger partial charge < -0.3 is 18.7 Å². The molecule has 0 radical (unpaired) electrons.